The minimum atomic E-state index is 0.939. The summed E-state index contributed by atoms with van der Waals surface area (Å²) in [6.45, 7) is 10.6. The van der Waals surface area contributed by atoms with Crippen LogP contribution in [-0.4, -0.2) is 0 Å². The topological polar surface area (TPSA) is 9.23 Å². The van der Waals surface area contributed by atoms with Gasteiger partial charge >= 0.3 is 0 Å². The maximum Gasteiger partial charge on any atom is 0.133 e. The Kier molecular flexibility index (Phi) is 3.42. The summed E-state index contributed by atoms with van der Waals surface area (Å²) < 4.78 is 6.13. The Morgan fingerprint density at radius 3 is 1.83 bits per heavy atom. The van der Waals surface area contributed by atoms with Crippen molar-refractivity contribution in [1.29, 1.82) is 0 Å². The summed E-state index contributed by atoms with van der Waals surface area (Å²) in [7, 11) is 0. The van der Waals surface area contributed by atoms with E-state index in [9.17, 15) is 0 Å². The van der Waals surface area contributed by atoms with Crippen molar-refractivity contribution in [3.8, 4) is 11.5 Å². The maximum absolute atomic E-state index is 6.13. The molecule has 0 saturated carbocycles. The molecule has 1 heteroatoms. The van der Waals surface area contributed by atoms with Gasteiger partial charge < -0.3 is 4.74 Å². The summed E-state index contributed by atoms with van der Waals surface area (Å²) in [4.78, 5) is 0. The minimum Gasteiger partial charge on any atom is -0.457 e. The van der Waals surface area contributed by atoms with E-state index in [1.807, 2.05) is 18.2 Å². The fourth-order valence-corrected chi connectivity index (χ4v) is 2.11. The molecule has 0 radical (unpaired) electrons. The van der Waals surface area contributed by atoms with E-state index in [0.717, 1.165) is 17.1 Å². The fraction of sp³-hybridized carbons (Fsp3) is 0.294. The van der Waals surface area contributed by atoms with Gasteiger partial charge in [-0.1, -0.05) is 24.3 Å². The number of para-hydroxylation sites is 1. The zero-order chi connectivity index (χ0) is 13.3. The van der Waals surface area contributed by atoms with E-state index in [2.05, 4.69) is 46.8 Å². The lowest BCUT2D eigenvalue weighted by Gasteiger charge is -2.17. The van der Waals surface area contributed by atoms with Crippen LogP contribution in [0, 0.1) is 34.6 Å². The van der Waals surface area contributed by atoms with Crippen LogP contribution in [0.15, 0.2) is 30.3 Å². The lowest BCUT2D eigenvalue weighted by atomic mass is 10.00. The quantitative estimate of drug-likeness (QED) is 0.716. The van der Waals surface area contributed by atoms with Gasteiger partial charge in [-0.3, -0.25) is 0 Å². The molecular formula is C17H20O. The smallest absolute Gasteiger partial charge is 0.133 e. The molecule has 0 heterocycles. The van der Waals surface area contributed by atoms with Crippen LogP contribution in [0.25, 0.3) is 0 Å². The Morgan fingerprint density at radius 2 is 1.28 bits per heavy atom. The SMILES string of the molecule is Cc1ccccc1Oc1c(C)c(C)cc(C)c1C. The maximum atomic E-state index is 6.13. The van der Waals surface area contributed by atoms with E-state index in [-0.39, 0.29) is 0 Å². The molecule has 0 atom stereocenters. The van der Waals surface area contributed by atoms with Gasteiger partial charge in [0, 0.05) is 0 Å². The zero-order valence-electron chi connectivity index (χ0n) is 11.8. The minimum absolute atomic E-state index is 0.939. The molecule has 0 aliphatic carbocycles. The van der Waals surface area contributed by atoms with Gasteiger partial charge in [0.1, 0.15) is 11.5 Å². The summed E-state index contributed by atoms with van der Waals surface area (Å²) in [5.41, 5.74) is 6.17. The Bertz CT molecular complexity index is 556. The predicted octanol–water partition coefficient (Wildman–Crippen LogP) is 5.02. The molecule has 0 fully saturated rings. The predicted molar refractivity (Wildman–Crippen MR) is 76.6 cm³/mol. The van der Waals surface area contributed by atoms with Crippen molar-refractivity contribution in [3.05, 3.63) is 58.1 Å². The first-order valence-corrected chi connectivity index (χ1v) is 6.31. The second kappa shape index (κ2) is 4.85. The van der Waals surface area contributed by atoms with Crippen LogP contribution in [-0.2, 0) is 0 Å². The number of ether oxygens (including phenoxy) is 1. The van der Waals surface area contributed by atoms with Gasteiger partial charge in [0.05, 0.1) is 0 Å². The Labute approximate surface area is 109 Å². The third kappa shape index (κ3) is 2.26. The highest BCUT2D eigenvalue weighted by molar-refractivity contribution is 5.51. The first kappa shape index (κ1) is 12.7. The van der Waals surface area contributed by atoms with Crippen molar-refractivity contribution in [2.45, 2.75) is 34.6 Å². The number of hydrogen-bond acceptors (Lipinski definition) is 1. The highest BCUT2D eigenvalue weighted by Crippen LogP contribution is 2.33. The summed E-state index contributed by atoms with van der Waals surface area (Å²) in [6, 6.07) is 10.4. The van der Waals surface area contributed by atoms with Crippen LogP contribution in [0.2, 0.25) is 0 Å². The van der Waals surface area contributed by atoms with Crippen LogP contribution >= 0.6 is 0 Å². The van der Waals surface area contributed by atoms with Gasteiger partial charge in [-0.05, 0) is 68.5 Å². The number of aryl methyl sites for hydroxylation is 3. The fourth-order valence-electron chi connectivity index (χ4n) is 2.11. The van der Waals surface area contributed by atoms with Crippen molar-refractivity contribution in [3.63, 3.8) is 0 Å². The van der Waals surface area contributed by atoms with Crippen LogP contribution in [0.5, 0.6) is 11.5 Å². The third-order valence-electron chi connectivity index (χ3n) is 3.60. The van der Waals surface area contributed by atoms with Gasteiger partial charge in [0.25, 0.3) is 0 Å². The summed E-state index contributed by atoms with van der Waals surface area (Å²) in [6.07, 6.45) is 0. The van der Waals surface area contributed by atoms with Crippen molar-refractivity contribution >= 4 is 0 Å². The molecule has 1 nitrogen and oxygen atoms in total. The van der Waals surface area contributed by atoms with E-state index >= 15 is 0 Å². The lowest BCUT2D eigenvalue weighted by Crippen LogP contribution is -1.97. The molecule has 0 unspecified atom stereocenters. The standard InChI is InChI=1S/C17H20O/c1-11-8-6-7-9-16(11)18-17-14(4)12(2)10-13(3)15(17)5/h6-10H,1-5H3. The van der Waals surface area contributed by atoms with Crippen molar-refractivity contribution in [2.24, 2.45) is 0 Å². The van der Waals surface area contributed by atoms with E-state index in [4.69, 9.17) is 4.74 Å². The van der Waals surface area contributed by atoms with Crippen molar-refractivity contribution < 1.29 is 4.74 Å². The zero-order valence-corrected chi connectivity index (χ0v) is 11.8. The number of hydrogen-bond donors (Lipinski definition) is 0. The molecule has 2 aromatic carbocycles. The first-order chi connectivity index (χ1) is 8.50. The number of rotatable bonds is 2. The van der Waals surface area contributed by atoms with Crippen LogP contribution < -0.4 is 4.74 Å². The molecule has 2 rings (SSSR count). The van der Waals surface area contributed by atoms with Gasteiger partial charge in [0.15, 0.2) is 0 Å². The largest absolute Gasteiger partial charge is 0.457 e. The Morgan fingerprint density at radius 1 is 0.722 bits per heavy atom. The highest BCUT2D eigenvalue weighted by Gasteiger charge is 2.11. The van der Waals surface area contributed by atoms with Gasteiger partial charge in [-0.15, -0.1) is 0 Å². The second-order valence-corrected chi connectivity index (χ2v) is 4.96. The van der Waals surface area contributed by atoms with E-state index < -0.39 is 0 Å². The van der Waals surface area contributed by atoms with Crippen LogP contribution in [0.3, 0.4) is 0 Å². The molecule has 0 spiro atoms. The van der Waals surface area contributed by atoms with Crippen molar-refractivity contribution in [2.75, 3.05) is 0 Å². The third-order valence-corrected chi connectivity index (χ3v) is 3.60. The molecule has 0 N–H and O–H groups in total. The molecule has 0 amide bonds. The average molecular weight is 240 g/mol. The van der Waals surface area contributed by atoms with E-state index in [1.165, 1.54) is 22.3 Å². The van der Waals surface area contributed by atoms with Crippen LogP contribution in [0.1, 0.15) is 27.8 Å². The Balaban J connectivity index is 2.50. The number of benzene rings is 2. The van der Waals surface area contributed by atoms with Crippen LogP contribution in [0.4, 0.5) is 0 Å². The van der Waals surface area contributed by atoms with Crippen molar-refractivity contribution in [1.82, 2.24) is 0 Å². The second-order valence-electron chi connectivity index (χ2n) is 4.96. The van der Waals surface area contributed by atoms with Gasteiger partial charge in [-0.2, -0.15) is 0 Å². The molecule has 0 aromatic heterocycles. The average Bonchev–Trinajstić information content (AvgIpc) is 2.34. The summed E-state index contributed by atoms with van der Waals surface area (Å²) in [5.74, 6) is 1.94. The molecule has 0 saturated heterocycles. The molecule has 18 heavy (non-hydrogen) atoms. The molecule has 0 bridgehead atoms. The van der Waals surface area contributed by atoms with E-state index in [1.54, 1.807) is 0 Å². The monoisotopic (exact) mass is 240 g/mol. The molecule has 94 valence electrons. The molecule has 0 aliphatic rings. The highest BCUT2D eigenvalue weighted by atomic mass is 16.5. The molecule has 2 aromatic rings. The Hall–Kier alpha value is -1.76. The molecule has 0 aliphatic heterocycles. The summed E-state index contributed by atoms with van der Waals surface area (Å²) in [5, 5.41) is 0. The first-order valence-electron chi connectivity index (χ1n) is 6.31. The molecular weight excluding hydrogens is 220 g/mol. The van der Waals surface area contributed by atoms with Gasteiger partial charge in [-0.25, -0.2) is 0 Å². The van der Waals surface area contributed by atoms with Gasteiger partial charge in [0.2, 0.25) is 0 Å². The normalized spacial score (nSPS) is 10.5. The van der Waals surface area contributed by atoms with E-state index in [0.29, 0.717) is 0 Å². The lowest BCUT2D eigenvalue weighted by molar-refractivity contribution is 0.470. The summed E-state index contributed by atoms with van der Waals surface area (Å²) >= 11 is 0.